The lowest BCUT2D eigenvalue weighted by molar-refractivity contribution is 0.100. The number of benzene rings is 3. The van der Waals surface area contributed by atoms with E-state index in [1.165, 1.54) is 0 Å². The van der Waals surface area contributed by atoms with Crippen molar-refractivity contribution in [1.29, 1.82) is 0 Å². The van der Waals surface area contributed by atoms with E-state index < -0.39 is 23.4 Å². The van der Waals surface area contributed by atoms with Crippen LogP contribution in [0.3, 0.4) is 0 Å². The topological polar surface area (TPSA) is 61.2 Å². The number of primary amides is 1. The van der Waals surface area contributed by atoms with Crippen molar-refractivity contribution in [2.24, 2.45) is 5.73 Å². The molecule has 2 N–H and O–H groups in total. The maximum absolute atomic E-state index is 14.4. The molecule has 31 heavy (non-hydrogen) atoms. The van der Waals surface area contributed by atoms with Gasteiger partial charge in [-0.05, 0) is 30.3 Å². The molecule has 0 aliphatic heterocycles. The van der Waals surface area contributed by atoms with E-state index in [1.54, 1.807) is 41.2 Å². The van der Waals surface area contributed by atoms with E-state index in [9.17, 15) is 18.0 Å². The van der Waals surface area contributed by atoms with Gasteiger partial charge in [0.15, 0.2) is 0 Å². The van der Waals surface area contributed by atoms with Gasteiger partial charge in [-0.3, -0.25) is 4.79 Å². The van der Waals surface area contributed by atoms with E-state index in [1.807, 2.05) is 18.2 Å². The second kappa shape index (κ2) is 7.05. The fraction of sp³-hybridized carbons (Fsp3) is 0.0417. The van der Waals surface area contributed by atoms with Crippen molar-refractivity contribution in [3.05, 3.63) is 95.5 Å². The van der Waals surface area contributed by atoms with E-state index in [0.29, 0.717) is 45.3 Å². The Hall–Kier alpha value is -4.00. The molecular weight excluding hydrogens is 405 g/mol. The third-order valence-corrected chi connectivity index (χ3v) is 5.38. The molecule has 0 saturated heterocycles. The van der Waals surface area contributed by atoms with Gasteiger partial charge in [-0.25, -0.2) is 13.2 Å². The molecule has 2 aromatic heterocycles. The standard InChI is InChI=1S/C24H15F3N2O2/c25-14-10-18(26)17(19(27)11-14)12-29-20-4-1-3-16(24(28)30)23(20)15-7-6-13(9-21(15)29)22-5-2-8-31-22/h1-11H,12H2,(H2,28,30). The van der Waals surface area contributed by atoms with Gasteiger partial charge in [0.2, 0.25) is 5.91 Å². The summed E-state index contributed by atoms with van der Waals surface area (Å²) in [5.41, 5.74) is 7.55. The molecule has 0 unspecified atom stereocenters. The highest BCUT2D eigenvalue weighted by Crippen LogP contribution is 2.35. The van der Waals surface area contributed by atoms with E-state index in [4.69, 9.17) is 10.2 Å². The van der Waals surface area contributed by atoms with E-state index in [0.717, 1.165) is 5.56 Å². The molecule has 0 aliphatic carbocycles. The maximum Gasteiger partial charge on any atom is 0.249 e. The van der Waals surface area contributed by atoms with Crippen molar-refractivity contribution in [1.82, 2.24) is 4.57 Å². The second-order valence-electron chi connectivity index (χ2n) is 7.21. The van der Waals surface area contributed by atoms with Crippen LogP contribution >= 0.6 is 0 Å². The highest BCUT2D eigenvalue weighted by Gasteiger charge is 2.20. The Morgan fingerprint density at radius 3 is 2.39 bits per heavy atom. The maximum atomic E-state index is 14.4. The van der Waals surface area contributed by atoms with Crippen LogP contribution in [0.15, 0.2) is 71.3 Å². The first kappa shape index (κ1) is 19.0. The first-order chi connectivity index (χ1) is 14.9. The summed E-state index contributed by atoms with van der Waals surface area (Å²) in [5, 5.41) is 1.28. The minimum Gasteiger partial charge on any atom is -0.464 e. The van der Waals surface area contributed by atoms with Crippen molar-refractivity contribution in [3.63, 3.8) is 0 Å². The first-order valence-corrected chi connectivity index (χ1v) is 9.46. The molecule has 154 valence electrons. The van der Waals surface area contributed by atoms with Crippen molar-refractivity contribution in [3.8, 4) is 11.3 Å². The zero-order valence-corrected chi connectivity index (χ0v) is 16.0. The zero-order valence-electron chi connectivity index (χ0n) is 16.0. The molecule has 0 bridgehead atoms. The van der Waals surface area contributed by atoms with Gasteiger partial charge in [0, 0.05) is 39.6 Å². The molecule has 5 aromatic rings. The van der Waals surface area contributed by atoms with Crippen LogP contribution in [-0.2, 0) is 6.54 Å². The van der Waals surface area contributed by atoms with Crippen LogP contribution in [0.2, 0.25) is 0 Å². The van der Waals surface area contributed by atoms with Gasteiger partial charge in [-0.2, -0.15) is 0 Å². The lowest BCUT2D eigenvalue weighted by Crippen LogP contribution is -2.11. The van der Waals surface area contributed by atoms with Gasteiger partial charge in [0.1, 0.15) is 23.2 Å². The molecule has 0 aliphatic rings. The number of nitrogens with zero attached hydrogens (tertiary/aromatic N) is 1. The van der Waals surface area contributed by atoms with Crippen LogP contribution in [0.25, 0.3) is 33.1 Å². The van der Waals surface area contributed by atoms with Crippen LogP contribution < -0.4 is 5.73 Å². The quantitative estimate of drug-likeness (QED) is 0.410. The summed E-state index contributed by atoms with van der Waals surface area (Å²) < 4.78 is 49.4. The summed E-state index contributed by atoms with van der Waals surface area (Å²) in [5.74, 6) is -2.95. The number of nitrogens with two attached hydrogens (primary N) is 1. The number of furan rings is 1. The minimum atomic E-state index is -0.989. The fourth-order valence-corrected chi connectivity index (χ4v) is 4.00. The number of hydrogen-bond donors (Lipinski definition) is 1. The number of amides is 1. The van der Waals surface area contributed by atoms with Gasteiger partial charge in [0.25, 0.3) is 0 Å². The normalized spacial score (nSPS) is 11.5. The molecule has 1 amide bonds. The van der Waals surface area contributed by atoms with Crippen molar-refractivity contribution in [2.75, 3.05) is 0 Å². The van der Waals surface area contributed by atoms with E-state index >= 15 is 0 Å². The van der Waals surface area contributed by atoms with Crippen LogP contribution in [-0.4, -0.2) is 10.5 Å². The van der Waals surface area contributed by atoms with Crippen LogP contribution in [0.4, 0.5) is 13.2 Å². The number of aromatic nitrogens is 1. The largest absolute Gasteiger partial charge is 0.464 e. The van der Waals surface area contributed by atoms with Gasteiger partial charge >= 0.3 is 0 Å². The summed E-state index contributed by atoms with van der Waals surface area (Å²) in [4.78, 5) is 12.1. The minimum absolute atomic E-state index is 0.207. The zero-order chi connectivity index (χ0) is 21.7. The summed E-state index contributed by atoms with van der Waals surface area (Å²) >= 11 is 0. The van der Waals surface area contributed by atoms with Gasteiger partial charge in [0.05, 0.1) is 23.8 Å². The highest BCUT2D eigenvalue weighted by molar-refractivity contribution is 6.18. The Morgan fingerprint density at radius 2 is 1.71 bits per heavy atom. The molecule has 0 radical (unpaired) electrons. The fourth-order valence-electron chi connectivity index (χ4n) is 4.00. The molecular formula is C24H15F3N2O2. The summed E-state index contributed by atoms with van der Waals surface area (Å²) in [7, 11) is 0. The number of hydrogen-bond acceptors (Lipinski definition) is 2. The average molecular weight is 420 g/mol. The van der Waals surface area contributed by atoms with E-state index in [2.05, 4.69) is 0 Å². The van der Waals surface area contributed by atoms with Gasteiger partial charge in [-0.15, -0.1) is 0 Å². The molecule has 0 atom stereocenters. The number of carbonyl (C=O) groups is 1. The monoisotopic (exact) mass is 420 g/mol. The Balaban J connectivity index is 1.83. The summed E-state index contributed by atoms with van der Waals surface area (Å²) in [6.45, 7) is -0.207. The van der Waals surface area contributed by atoms with E-state index in [-0.39, 0.29) is 12.1 Å². The predicted octanol–water partition coefficient (Wildman–Crippen LogP) is 5.62. The lowest BCUT2D eigenvalue weighted by Gasteiger charge is -2.11. The van der Waals surface area contributed by atoms with Crippen molar-refractivity contribution in [2.45, 2.75) is 6.54 Å². The van der Waals surface area contributed by atoms with Crippen molar-refractivity contribution < 1.29 is 22.4 Å². The molecule has 5 rings (SSSR count). The third kappa shape index (κ3) is 3.06. The molecule has 7 heteroatoms. The third-order valence-electron chi connectivity index (χ3n) is 5.38. The first-order valence-electron chi connectivity index (χ1n) is 9.46. The Bertz CT molecular complexity index is 1450. The Morgan fingerprint density at radius 1 is 0.935 bits per heavy atom. The number of rotatable bonds is 4. The highest BCUT2D eigenvalue weighted by atomic mass is 19.1. The smallest absolute Gasteiger partial charge is 0.249 e. The number of carbonyl (C=O) groups excluding carboxylic acids is 1. The average Bonchev–Trinajstić information content (AvgIpc) is 3.37. The van der Waals surface area contributed by atoms with Crippen LogP contribution in [0.5, 0.6) is 0 Å². The number of halogens is 3. The molecule has 0 spiro atoms. The molecule has 0 fully saturated rings. The van der Waals surface area contributed by atoms with Gasteiger partial charge < -0.3 is 14.7 Å². The Labute approximate surface area is 174 Å². The molecule has 3 aromatic carbocycles. The van der Waals surface area contributed by atoms with Crippen LogP contribution in [0.1, 0.15) is 15.9 Å². The molecule has 2 heterocycles. The second-order valence-corrected chi connectivity index (χ2v) is 7.21. The number of fused-ring (bicyclic) bond motifs is 3. The van der Waals surface area contributed by atoms with Gasteiger partial charge in [-0.1, -0.05) is 18.2 Å². The Kier molecular flexibility index (Phi) is 4.32. The lowest BCUT2D eigenvalue weighted by atomic mass is 10.0. The molecule has 0 saturated carbocycles. The van der Waals surface area contributed by atoms with Crippen LogP contribution in [0, 0.1) is 17.5 Å². The molecule has 4 nitrogen and oxygen atoms in total. The summed E-state index contributed by atoms with van der Waals surface area (Å²) in [6, 6.07) is 15.3. The SMILES string of the molecule is NC(=O)c1cccc2c1c1ccc(-c3ccco3)cc1n2Cc1c(F)cc(F)cc1F. The summed E-state index contributed by atoms with van der Waals surface area (Å²) in [6.07, 6.45) is 1.55. The van der Waals surface area contributed by atoms with Crippen molar-refractivity contribution >= 4 is 27.7 Å². The predicted molar refractivity (Wildman–Crippen MR) is 111 cm³/mol.